The third-order valence-corrected chi connectivity index (χ3v) is 4.82. The van der Waals surface area contributed by atoms with Crippen molar-refractivity contribution < 1.29 is 18.7 Å². The van der Waals surface area contributed by atoms with Gasteiger partial charge < -0.3 is 14.8 Å². The molecule has 0 unspecified atom stereocenters. The third kappa shape index (κ3) is 4.37. The van der Waals surface area contributed by atoms with Gasteiger partial charge in [-0.25, -0.2) is 9.37 Å². The summed E-state index contributed by atoms with van der Waals surface area (Å²) < 4.78 is 25.6. The number of aromatic nitrogens is 4. The Morgan fingerprint density at radius 2 is 2.03 bits per heavy atom. The van der Waals surface area contributed by atoms with E-state index in [-0.39, 0.29) is 22.9 Å². The van der Waals surface area contributed by atoms with Gasteiger partial charge in [0.05, 0.1) is 45.7 Å². The third-order valence-electron chi connectivity index (χ3n) is 4.28. The van der Waals surface area contributed by atoms with Crippen molar-refractivity contribution in [3.05, 3.63) is 69.8 Å². The molecular weight excluding hydrogens is 448 g/mol. The van der Waals surface area contributed by atoms with Crippen molar-refractivity contribution in [2.45, 2.75) is 6.61 Å². The smallest absolute Gasteiger partial charge is 0.260 e. The molecule has 0 aliphatic rings. The van der Waals surface area contributed by atoms with Crippen molar-refractivity contribution >= 4 is 45.8 Å². The monoisotopic (exact) mass is 461 g/mol. The van der Waals surface area contributed by atoms with Crippen molar-refractivity contribution in [3.8, 4) is 11.6 Å². The molecule has 3 heterocycles. The van der Waals surface area contributed by atoms with Crippen molar-refractivity contribution in [1.82, 2.24) is 20.2 Å². The van der Waals surface area contributed by atoms with E-state index in [0.29, 0.717) is 33.3 Å². The first-order valence-electron chi connectivity index (χ1n) is 8.87. The maximum atomic E-state index is 15.0. The molecule has 8 nitrogen and oxygen atoms in total. The van der Waals surface area contributed by atoms with E-state index < -0.39 is 11.7 Å². The van der Waals surface area contributed by atoms with Crippen molar-refractivity contribution in [2.24, 2.45) is 0 Å². The fourth-order valence-electron chi connectivity index (χ4n) is 2.79. The van der Waals surface area contributed by atoms with Crippen LogP contribution in [-0.2, 0) is 6.61 Å². The summed E-state index contributed by atoms with van der Waals surface area (Å²) in [7, 11) is 1.46. The van der Waals surface area contributed by atoms with E-state index in [0.717, 1.165) is 0 Å². The molecule has 158 valence electrons. The second-order valence-corrected chi connectivity index (χ2v) is 7.14. The van der Waals surface area contributed by atoms with Gasteiger partial charge in [-0.3, -0.25) is 14.9 Å². The van der Waals surface area contributed by atoms with Gasteiger partial charge in [-0.05, 0) is 30.3 Å². The number of pyridine rings is 2. The van der Waals surface area contributed by atoms with E-state index >= 15 is 4.39 Å². The van der Waals surface area contributed by atoms with Crippen LogP contribution in [-0.4, -0.2) is 33.2 Å². The molecule has 0 spiro atoms. The minimum absolute atomic E-state index is 0.0162. The molecule has 4 rings (SSSR count). The standard InChI is InChI=1S/C20H14Cl2FN5O3/c1-30-20-13-6-12(8-25-18(13)27-28-20)26-19(29)16-14(22)4-5-15(17(16)23)31-9-11-3-2-10(21)7-24-11/h2-8H,9H2,1H3,(H,26,29)(H,25,27,28). The first-order valence-corrected chi connectivity index (χ1v) is 9.62. The quantitative estimate of drug-likeness (QED) is 0.433. The van der Waals surface area contributed by atoms with Crippen molar-refractivity contribution in [1.29, 1.82) is 0 Å². The molecule has 2 N–H and O–H groups in total. The molecule has 1 aromatic carbocycles. The number of amides is 1. The Labute approximate surface area is 185 Å². The average Bonchev–Trinajstić information content (AvgIpc) is 3.17. The summed E-state index contributed by atoms with van der Waals surface area (Å²) in [5.41, 5.74) is 0.968. The van der Waals surface area contributed by atoms with Crippen molar-refractivity contribution in [3.63, 3.8) is 0 Å². The Hall–Kier alpha value is -3.43. The van der Waals surface area contributed by atoms with Crippen LogP contribution in [0.4, 0.5) is 10.1 Å². The van der Waals surface area contributed by atoms with Crippen LogP contribution in [0.2, 0.25) is 10.0 Å². The van der Waals surface area contributed by atoms with Gasteiger partial charge in [0, 0.05) is 6.20 Å². The van der Waals surface area contributed by atoms with Crippen LogP contribution < -0.4 is 14.8 Å². The number of hydrogen-bond donors (Lipinski definition) is 2. The summed E-state index contributed by atoms with van der Waals surface area (Å²) in [6, 6.07) is 7.61. The Kier molecular flexibility index (Phi) is 5.88. The van der Waals surface area contributed by atoms with E-state index in [1.54, 1.807) is 18.2 Å². The zero-order valence-electron chi connectivity index (χ0n) is 15.9. The highest BCUT2D eigenvalue weighted by atomic mass is 35.5. The summed E-state index contributed by atoms with van der Waals surface area (Å²) in [6.07, 6.45) is 2.85. The highest BCUT2D eigenvalue weighted by Crippen LogP contribution is 2.29. The van der Waals surface area contributed by atoms with Crippen LogP contribution >= 0.6 is 23.2 Å². The zero-order valence-corrected chi connectivity index (χ0v) is 17.5. The number of ether oxygens (including phenoxy) is 2. The van der Waals surface area contributed by atoms with E-state index in [9.17, 15) is 4.79 Å². The minimum Gasteiger partial charge on any atom is -0.484 e. The number of benzene rings is 1. The fraction of sp³-hybridized carbons (Fsp3) is 0.100. The molecule has 0 saturated heterocycles. The molecule has 0 saturated carbocycles. The van der Waals surface area contributed by atoms with Crippen LogP contribution in [0.25, 0.3) is 11.0 Å². The molecule has 4 aromatic rings. The topological polar surface area (TPSA) is 102 Å². The summed E-state index contributed by atoms with van der Waals surface area (Å²) in [5.74, 6) is -1.49. The van der Waals surface area contributed by atoms with Crippen LogP contribution in [0.3, 0.4) is 0 Å². The molecule has 1 amide bonds. The highest BCUT2D eigenvalue weighted by molar-refractivity contribution is 6.34. The summed E-state index contributed by atoms with van der Waals surface area (Å²) >= 11 is 11.9. The lowest BCUT2D eigenvalue weighted by molar-refractivity contribution is 0.102. The number of fused-ring (bicyclic) bond motifs is 1. The van der Waals surface area contributed by atoms with E-state index in [1.165, 1.54) is 31.6 Å². The molecule has 0 aliphatic carbocycles. The Balaban J connectivity index is 1.56. The van der Waals surface area contributed by atoms with Gasteiger partial charge in [-0.2, -0.15) is 0 Å². The minimum atomic E-state index is -0.895. The molecule has 0 atom stereocenters. The number of anilines is 1. The maximum absolute atomic E-state index is 15.0. The van der Waals surface area contributed by atoms with Crippen LogP contribution in [0.1, 0.15) is 16.1 Å². The SMILES string of the molecule is COc1n[nH]c2ncc(NC(=O)c3c(Cl)ccc(OCc4ccc(Cl)cn4)c3F)cc12. The number of nitrogens with zero attached hydrogens (tertiary/aromatic N) is 3. The Morgan fingerprint density at radius 1 is 1.19 bits per heavy atom. The Morgan fingerprint density at radius 3 is 2.77 bits per heavy atom. The molecule has 0 bridgehead atoms. The zero-order chi connectivity index (χ0) is 22.0. The number of hydrogen-bond acceptors (Lipinski definition) is 6. The predicted octanol–water partition coefficient (Wildman–Crippen LogP) is 4.64. The van der Waals surface area contributed by atoms with Gasteiger partial charge in [0.1, 0.15) is 6.61 Å². The average molecular weight is 462 g/mol. The lowest BCUT2D eigenvalue weighted by atomic mass is 10.1. The van der Waals surface area contributed by atoms with Gasteiger partial charge in [0.15, 0.2) is 17.2 Å². The largest absolute Gasteiger partial charge is 0.484 e. The van der Waals surface area contributed by atoms with Crippen LogP contribution in [0.5, 0.6) is 11.6 Å². The first kappa shape index (κ1) is 20.8. The summed E-state index contributed by atoms with van der Waals surface area (Å²) in [6.45, 7) is -0.0162. The first-order chi connectivity index (χ1) is 15.0. The molecule has 0 aliphatic heterocycles. The lowest BCUT2D eigenvalue weighted by Gasteiger charge is -2.12. The van der Waals surface area contributed by atoms with Crippen LogP contribution in [0.15, 0.2) is 42.7 Å². The van der Waals surface area contributed by atoms with Crippen LogP contribution in [0, 0.1) is 5.82 Å². The molecule has 31 heavy (non-hydrogen) atoms. The molecule has 0 radical (unpaired) electrons. The summed E-state index contributed by atoms with van der Waals surface area (Å²) in [4.78, 5) is 21.0. The lowest BCUT2D eigenvalue weighted by Crippen LogP contribution is -2.15. The number of halogens is 3. The molecule has 3 aromatic heterocycles. The van der Waals surface area contributed by atoms with Gasteiger partial charge in [-0.1, -0.05) is 23.2 Å². The Bertz CT molecular complexity index is 1260. The fourth-order valence-corrected chi connectivity index (χ4v) is 3.14. The van der Waals surface area contributed by atoms with Gasteiger partial charge >= 0.3 is 0 Å². The number of carbonyl (C=O) groups is 1. The van der Waals surface area contributed by atoms with Gasteiger partial charge in [-0.15, -0.1) is 5.10 Å². The molecular formula is C20H14Cl2FN5O3. The number of H-pyrrole nitrogens is 1. The number of methoxy groups -OCH3 is 1. The van der Waals surface area contributed by atoms with Gasteiger partial charge in [0.25, 0.3) is 5.91 Å². The highest BCUT2D eigenvalue weighted by Gasteiger charge is 2.21. The number of rotatable bonds is 6. The second-order valence-electron chi connectivity index (χ2n) is 6.30. The second kappa shape index (κ2) is 8.75. The number of nitrogens with one attached hydrogen (secondary N) is 2. The van der Waals surface area contributed by atoms with Gasteiger partial charge in [0.2, 0.25) is 5.88 Å². The van der Waals surface area contributed by atoms with Crippen molar-refractivity contribution in [2.75, 3.05) is 12.4 Å². The molecule has 0 fully saturated rings. The normalized spacial score (nSPS) is 10.8. The van der Waals surface area contributed by atoms with E-state index in [2.05, 4.69) is 25.5 Å². The number of carbonyl (C=O) groups excluding carboxylic acids is 1. The molecule has 11 heteroatoms. The maximum Gasteiger partial charge on any atom is 0.260 e. The van der Waals surface area contributed by atoms with E-state index in [1.807, 2.05) is 0 Å². The predicted molar refractivity (Wildman–Crippen MR) is 113 cm³/mol. The number of aromatic amines is 1. The summed E-state index contributed by atoms with van der Waals surface area (Å²) in [5, 5.41) is 10.2. The van der Waals surface area contributed by atoms with E-state index in [4.69, 9.17) is 32.7 Å².